The molecule has 0 aliphatic rings. The molecule has 4 N–H and O–H groups in total. The summed E-state index contributed by atoms with van der Waals surface area (Å²) in [6, 6.07) is 4.87. The highest BCUT2D eigenvalue weighted by atomic mass is 32.1. The zero-order valence-electron chi connectivity index (χ0n) is 23.9. The van der Waals surface area contributed by atoms with Gasteiger partial charge in [-0.3, -0.25) is 4.79 Å². The van der Waals surface area contributed by atoms with Crippen LogP contribution < -0.4 is 11.1 Å². The standard InChI is InChI=1S/C23H27N3O2S/c1-16-6-10-18(11-7-16)21(27)5-3-2-4-17-8-12-19(13-9-17)25-22(28)14-20-15-29-23(24)26-20/h6-13,15,21,27H,2-5,14H2,1H3,(H2,24,26)(H,25,28)/t21-/m0/s1/i4D2,6D,7D,10D,11D,14D2. The van der Waals surface area contributed by atoms with Crippen molar-refractivity contribution in [1.82, 2.24) is 4.98 Å². The molecular weight excluding hydrogens is 382 g/mol. The zero-order chi connectivity index (χ0) is 27.7. The number of aromatic nitrogens is 1. The minimum atomic E-state index is -2.40. The van der Waals surface area contributed by atoms with Crippen molar-refractivity contribution in [2.24, 2.45) is 0 Å². The van der Waals surface area contributed by atoms with Gasteiger partial charge < -0.3 is 16.2 Å². The van der Waals surface area contributed by atoms with Gasteiger partial charge in [0.15, 0.2) is 5.13 Å². The number of nitrogen functional groups attached to an aromatic ring is 1. The van der Waals surface area contributed by atoms with Crippen LogP contribution in [0.3, 0.4) is 0 Å². The summed E-state index contributed by atoms with van der Waals surface area (Å²) in [5, 5.41) is 14.5. The Morgan fingerprint density at radius 3 is 2.66 bits per heavy atom. The summed E-state index contributed by atoms with van der Waals surface area (Å²) in [6.07, 6.45) is -5.21. The van der Waals surface area contributed by atoms with Gasteiger partial charge in [-0.1, -0.05) is 48.3 Å². The Bertz CT molecular complexity index is 1270. The van der Waals surface area contributed by atoms with E-state index in [1.54, 1.807) is 0 Å². The molecule has 1 amide bonds. The minimum absolute atomic E-state index is 0.0115. The molecule has 0 saturated carbocycles. The molecule has 0 unspecified atom stereocenters. The van der Waals surface area contributed by atoms with Crippen molar-refractivity contribution in [1.29, 1.82) is 0 Å². The maximum Gasteiger partial charge on any atom is 0.230 e. The second kappa shape index (κ2) is 10.2. The summed E-state index contributed by atoms with van der Waals surface area (Å²) >= 11 is 1.02. The maximum atomic E-state index is 12.4. The summed E-state index contributed by atoms with van der Waals surface area (Å²) < 4.78 is 64.9. The van der Waals surface area contributed by atoms with Gasteiger partial charge in [0.25, 0.3) is 0 Å². The lowest BCUT2D eigenvalue weighted by molar-refractivity contribution is -0.115. The van der Waals surface area contributed by atoms with E-state index < -0.39 is 24.8 Å². The van der Waals surface area contributed by atoms with Gasteiger partial charge in [-0.25, -0.2) is 4.98 Å². The molecule has 2 aromatic carbocycles. The monoisotopic (exact) mass is 417 g/mol. The third-order valence-corrected chi connectivity index (χ3v) is 4.67. The fourth-order valence-electron chi connectivity index (χ4n) is 2.52. The number of nitrogens with zero attached hydrogens (tertiary/aromatic N) is 1. The van der Waals surface area contributed by atoms with E-state index in [0.29, 0.717) is 5.56 Å². The number of rotatable bonds is 9. The van der Waals surface area contributed by atoms with Crippen molar-refractivity contribution in [2.45, 2.75) is 45.0 Å². The van der Waals surface area contributed by atoms with Gasteiger partial charge in [-0.2, -0.15) is 0 Å². The number of benzene rings is 2. The van der Waals surface area contributed by atoms with Crippen molar-refractivity contribution in [2.75, 3.05) is 11.1 Å². The Balaban J connectivity index is 1.63. The number of carbonyl (C=O) groups is 1. The Kier molecular flexibility index (Phi) is 4.49. The number of aliphatic hydroxyl groups is 1. The molecule has 5 nitrogen and oxygen atoms in total. The number of nitrogens with two attached hydrogens (primary N) is 1. The number of hydrogen-bond donors (Lipinski definition) is 3. The van der Waals surface area contributed by atoms with Crippen molar-refractivity contribution < 1.29 is 20.9 Å². The third kappa shape index (κ3) is 6.69. The summed E-state index contributed by atoms with van der Waals surface area (Å²) in [5.74, 6) is -0.937. The summed E-state index contributed by atoms with van der Waals surface area (Å²) in [5.41, 5.74) is 6.12. The lowest BCUT2D eigenvalue weighted by Crippen LogP contribution is -2.14. The van der Waals surface area contributed by atoms with Crippen molar-refractivity contribution in [3.8, 4) is 0 Å². The van der Waals surface area contributed by atoms with Crippen LogP contribution in [0.2, 0.25) is 0 Å². The van der Waals surface area contributed by atoms with E-state index in [9.17, 15) is 9.90 Å². The van der Waals surface area contributed by atoms with Gasteiger partial charge in [-0.05, 0) is 49.4 Å². The average Bonchev–Trinajstić information content (AvgIpc) is 3.29. The number of aliphatic hydroxyl groups excluding tert-OH is 1. The van der Waals surface area contributed by atoms with Gasteiger partial charge in [0.05, 0.1) is 23.7 Å². The molecule has 1 aromatic heterocycles. The molecule has 1 heterocycles. The van der Waals surface area contributed by atoms with Crippen LogP contribution in [-0.2, 0) is 17.5 Å². The molecule has 0 bridgehead atoms. The molecule has 0 aliphatic carbocycles. The molecule has 152 valence electrons. The van der Waals surface area contributed by atoms with Gasteiger partial charge in [0.2, 0.25) is 5.91 Å². The number of carbonyl (C=O) groups excluding carboxylic acids is 1. The van der Waals surface area contributed by atoms with E-state index >= 15 is 0 Å². The Labute approximate surface area is 186 Å². The van der Waals surface area contributed by atoms with Gasteiger partial charge in [-0.15, -0.1) is 11.3 Å². The van der Waals surface area contributed by atoms with E-state index in [0.717, 1.165) is 11.3 Å². The van der Waals surface area contributed by atoms with Crippen LogP contribution in [-0.4, -0.2) is 16.0 Å². The number of nitrogens with one attached hydrogen (secondary N) is 1. The number of hydrogen-bond acceptors (Lipinski definition) is 5. The summed E-state index contributed by atoms with van der Waals surface area (Å²) in [6.45, 7) is 1.48. The van der Waals surface area contributed by atoms with E-state index in [1.165, 1.54) is 36.6 Å². The second-order valence-corrected chi connectivity index (χ2v) is 7.24. The highest BCUT2D eigenvalue weighted by molar-refractivity contribution is 7.13. The van der Waals surface area contributed by atoms with Crippen molar-refractivity contribution >= 4 is 28.1 Å². The van der Waals surface area contributed by atoms with E-state index in [2.05, 4.69) is 10.3 Å². The number of amides is 1. The van der Waals surface area contributed by atoms with Crippen LogP contribution >= 0.6 is 11.3 Å². The van der Waals surface area contributed by atoms with E-state index in [1.807, 2.05) is 0 Å². The Morgan fingerprint density at radius 1 is 1.28 bits per heavy atom. The van der Waals surface area contributed by atoms with Gasteiger partial charge in [0.1, 0.15) is 0 Å². The first-order chi connectivity index (χ1) is 17.2. The molecule has 29 heavy (non-hydrogen) atoms. The normalized spacial score (nSPS) is 16.9. The van der Waals surface area contributed by atoms with Crippen LogP contribution in [0.1, 0.15) is 58.7 Å². The average molecular weight is 418 g/mol. The fraction of sp³-hybridized carbons (Fsp3) is 0.304. The topological polar surface area (TPSA) is 88.2 Å². The lowest BCUT2D eigenvalue weighted by atomic mass is 10.0. The molecule has 3 aromatic rings. The number of aryl methyl sites for hydroxylation is 1. The van der Waals surface area contributed by atoms with E-state index in [4.69, 9.17) is 16.7 Å². The Hall–Kier alpha value is -2.70. The zero-order valence-corrected chi connectivity index (χ0v) is 16.7. The second-order valence-electron chi connectivity index (χ2n) is 6.35. The molecule has 0 saturated heterocycles. The highest BCUT2D eigenvalue weighted by Crippen LogP contribution is 2.21. The quantitative estimate of drug-likeness (QED) is 0.472. The van der Waals surface area contributed by atoms with Crippen LogP contribution in [0.25, 0.3) is 0 Å². The molecule has 0 radical (unpaired) electrons. The predicted octanol–water partition coefficient (Wildman–Crippen LogP) is 4.66. The largest absolute Gasteiger partial charge is 0.388 e. The van der Waals surface area contributed by atoms with Crippen LogP contribution in [0.4, 0.5) is 10.8 Å². The number of thiazole rings is 1. The van der Waals surface area contributed by atoms with Gasteiger partial charge in [0, 0.05) is 16.6 Å². The third-order valence-electron chi connectivity index (χ3n) is 3.99. The SMILES string of the molecule is [2H]c1c([2H])c([C@@H](O)CCCC([2H])([2H])c2ccc(NC(=O)C([2H])([2H])c3csc(N)n3)cc2)c([2H])c([2H])c1C. The highest BCUT2D eigenvalue weighted by Gasteiger charge is 2.08. The molecule has 0 fully saturated rings. The fourth-order valence-corrected chi connectivity index (χ4v) is 3.01. The molecule has 1 atom stereocenters. The first kappa shape index (κ1) is 12.8. The molecule has 6 heteroatoms. The van der Waals surface area contributed by atoms with Crippen molar-refractivity contribution in [3.63, 3.8) is 0 Å². The first-order valence-corrected chi connectivity index (χ1v) is 9.93. The first-order valence-electron chi connectivity index (χ1n) is 13.0. The van der Waals surface area contributed by atoms with Crippen LogP contribution in [0.15, 0.2) is 53.8 Å². The van der Waals surface area contributed by atoms with Gasteiger partial charge >= 0.3 is 0 Å². The molecule has 0 spiro atoms. The summed E-state index contributed by atoms with van der Waals surface area (Å²) in [7, 11) is 0. The predicted molar refractivity (Wildman–Crippen MR) is 119 cm³/mol. The Morgan fingerprint density at radius 2 is 2.00 bits per heavy atom. The van der Waals surface area contributed by atoms with E-state index in [-0.39, 0.29) is 71.1 Å². The van der Waals surface area contributed by atoms with Crippen LogP contribution in [0, 0.1) is 6.92 Å². The molecular formula is C23H27N3O2S. The lowest BCUT2D eigenvalue weighted by Gasteiger charge is -2.11. The maximum absolute atomic E-state index is 12.4. The molecule has 0 aliphatic heterocycles. The molecule has 3 rings (SSSR count). The van der Waals surface area contributed by atoms with Crippen LogP contribution in [0.5, 0.6) is 0 Å². The summed E-state index contributed by atoms with van der Waals surface area (Å²) in [4.78, 5) is 16.3. The smallest absolute Gasteiger partial charge is 0.230 e. The van der Waals surface area contributed by atoms with Crippen molar-refractivity contribution in [3.05, 3.63) is 76.2 Å². The number of anilines is 2. The minimum Gasteiger partial charge on any atom is -0.388 e.